The molecule has 3 rings (SSSR count). The number of piperidine rings is 1. The zero-order chi connectivity index (χ0) is 15.0. The molecule has 1 aromatic heterocycles. The van der Waals surface area contributed by atoms with Gasteiger partial charge in [-0.05, 0) is 37.8 Å². The van der Waals surface area contributed by atoms with Gasteiger partial charge in [0.2, 0.25) is 5.91 Å². The minimum Gasteiger partial charge on any atom is -0.408 e. The van der Waals surface area contributed by atoms with Crippen LogP contribution < -0.4 is 5.76 Å². The number of rotatable bonds is 2. The standard InChI is InChI=1S/C16H20N2O3/c1-11-7-9-17(10-8-11)15(19)12(2)18-13-5-3-4-6-14(13)21-16(18)20/h3-6,11-12H,7-10H2,1-2H3/t12-/m0/s1. The van der Waals surface area contributed by atoms with Gasteiger partial charge in [0.05, 0.1) is 5.52 Å². The number of para-hydroxylation sites is 2. The molecular weight excluding hydrogens is 268 g/mol. The second-order valence-corrected chi connectivity index (χ2v) is 5.89. The number of aromatic nitrogens is 1. The second kappa shape index (κ2) is 5.39. The Hall–Kier alpha value is -2.04. The molecule has 1 aromatic carbocycles. The van der Waals surface area contributed by atoms with Gasteiger partial charge < -0.3 is 9.32 Å². The molecular formula is C16H20N2O3. The molecule has 1 saturated heterocycles. The Morgan fingerprint density at radius 3 is 2.67 bits per heavy atom. The highest BCUT2D eigenvalue weighted by molar-refractivity contribution is 5.83. The van der Waals surface area contributed by atoms with E-state index >= 15 is 0 Å². The lowest BCUT2D eigenvalue weighted by Crippen LogP contribution is -2.42. The van der Waals surface area contributed by atoms with E-state index in [1.807, 2.05) is 23.1 Å². The molecule has 5 nitrogen and oxygen atoms in total. The summed E-state index contributed by atoms with van der Waals surface area (Å²) < 4.78 is 6.67. The maximum absolute atomic E-state index is 12.6. The Kier molecular flexibility index (Phi) is 3.57. The monoisotopic (exact) mass is 288 g/mol. The van der Waals surface area contributed by atoms with E-state index in [1.54, 1.807) is 13.0 Å². The van der Waals surface area contributed by atoms with Crippen molar-refractivity contribution in [3.05, 3.63) is 34.8 Å². The van der Waals surface area contributed by atoms with Crippen LogP contribution in [0, 0.1) is 5.92 Å². The third kappa shape index (κ3) is 2.48. The first kappa shape index (κ1) is 13.9. The molecule has 112 valence electrons. The highest BCUT2D eigenvalue weighted by atomic mass is 16.4. The largest absolute Gasteiger partial charge is 0.420 e. The average molecular weight is 288 g/mol. The van der Waals surface area contributed by atoms with Gasteiger partial charge in [-0.3, -0.25) is 9.36 Å². The fourth-order valence-electron chi connectivity index (χ4n) is 2.95. The number of hydrogen-bond acceptors (Lipinski definition) is 3. The fraction of sp³-hybridized carbons (Fsp3) is 0.500. The van der Waals surface area contributed by atoms with Crippen molar-refractivity contribution in [3.8, 4) is 0 Å². The van der Waals surface area contributed by atoms with Crippen molar-refractivity contribution < 1.29 is 9.21 Å². The van der Waals surface area contributed by atoms with Gasteiger partial charge in [0.1, 0.15) is 6.04 Å². The van der Waals surface area contributed by atoms with Crippen LogP contribution in [0.5, 0.6) is 0 Å². The molecule has 0 bridgehead atoms. The van der Waals surface area contributed by atoms with Gasteiger partial charge in [-0.25, -0.2) is 4.79 Å². The Labute approximate surface area is 123 Å². The molecule has 1 amide bonds. The van der Waals surface area contributed by atoms with Crippen molar-refractivity contribution in [2.24, 2.45) is 5.92 Å². The molecule has 1 aliphatic rings. The lowest BCUT2D eigenvalue weighted by atomic mass is 9.99. The number of carbonyl (C=O) groups is 1. The van der Waals surface area contributed by atoms with Gasteiger partial charge in [-0.1, -0.05) is 19.1 Å². The smallest absolute Gasteiger partial charge is 0.408 e. The Balaban J connectivity index is 1.90. The average Bonchev–Trinajstić information content (AvgIpc) is 2.82. The molecule has 1 atom stereocenters. The third-order valence-electron chi connectivity index (χ3n) is 4.36. The second-order valence-electron chi connectivity index (χ2n) is 5.89. The van der Waals surface area contributed by atoms with E-state index in [-0.39, 0.29) is 5.91 Å². The van der Waals surface area contributed by atoms with Crippen LogP contribution in [0.3, 0.4) is 0 Å². The first-order chi connectivity index (χ1) is 10.1. The molecule has 1 aliphatic heterocycles. The third-order valence-corrected chi connectivity index (χ3v) is 4.36. The summed E-state index contributed by atoms with van der Waals surface area (Å²) in [5, 5.41) is 0. The van der Waals surface area contributed by atoms with E-state index < -0.39 is 11.8 Å². The minimum absolute atomic E-state index is 0.00412. The van der Waals surface area contributed by atoms with Crippen LogP contribution in [0.15, 0.2) is 33.5 Å². The quantitative estimate of drug-likeness (QED) is 0.852. The number of nitrogens with zero attached hydrogens (tertiary/aromatic N) is 2. The maximum Gasteiger partial charge on any atom is 0.420 e. The lowest BCUT2D eigenvalue weighted by molar-refractivity contribution is -0.135. The first-order valence-electron chi connectivity index (χ1n) is 7.47. The number of likely N-dealkylation sites (tertiary alicyclic amines) is 1. The molecule has 0 N–H and O–H groups in total. The SMILES string of the molecule is CC1CCN(C(=O)[C@H](C)n2c(=O)oc3ccccc32)CC1. The van der Waals surface area contributed by atoms with Gasteiger partial charge in [0.25, 0.3) is 0 Å². The van der Waals surface area contributed by atoms with Crippen LogP contribution in [0.1, 0.15) is 32.7 Å². The fourth-order valence-corrected chi connectivity index (χ4v) is 2.95. The van der Waals surface area contributed by atoms with Crippen LogP contribution in [0.25, 0.3) is 11.1 Å². The summed E-state index contributed by atoms with van der Waals surface area (Å²) in [4.78, 5) is 26.5. The topological polar surface area (TPSA) is 55.5 Å². The maximum atomic E-state index is 12.6. The number of amides is 1. The Morgan fingerprint density at radius 1 is 1.29 bits per heavy atom. The van der Waals surface area contributed by atoms with E-state index in [1.165, 1.54) is 4.57 Å². The molecule has 0 aliphatic carbocycles. The Morgan fingerprint density at radius 2 is 1.95 bits per heavy atom. The molecule has 0 unspecified atom stereocenters. The molecule has 0 spiro atoms. The van der Waals surface area contributed by atoms with Crippen molar-refractivity contribution >= 4 is 17.0 Å². The van der Waals surface area contributed by atoms with E-state index in [0.717, 1.165) is 25.9 Å². The predicted molar refractivity (Wildman–Crippen MR) is 80.2 cm³/mol. The van der Waals surface area contributed by atoms with Crippen LogP contribution in [-0.4, -0.2) is 28.5 Å². The van der Waals surface area contributed by atoms with Crippen molar-refractivity contribution in [1.82, 2.24) is 9.47 Å². The van der Waals surface area contributed by atoms with Gasteiger partial charge in [-0.15, -0.1) is 0 Å². The van der Waals surface area contributed by atoms with Crippen LogP contribution in [-0.2, 0) is 4.79 Å². The zero-order valence-electron chi connectivity index (χ0n) is 12.4. The van der Waals surface area contributed by atoms with E-state index in [2.05, 4.69) is 6.92 Å². The van der Waals surface area contributed by atoms with Gasteiger partial charge in [-0.2, -0.15) is 0 Å². The summed E-state index contributed by atoms with van der Waals surface area (Å²) in [6, 6.07) is 6.67. The first-order valence-corrected chi connectivity index (χ1v) is 7.47. The van der Waals surface area contributed by atoms with Crippen molar-refractivity contribution in [1.29, 1.82) is 0 Å². The van der Waals surface area contributed by atoms with Gasteiger partial charge >= 0.3 is 5.76 Å². The molecule has 2 aromatic rings. The highest BCUT2D eigenvalue weighted by Gasteiger charge is 2.27. The summed E-state index contributed by atoms with van der Waals surface area (Å²) in [5.41, 5.74) is 1.20. The van der Waals surface area contributed by atoms with Gasteiger partial charge in [0, 0.05) is 13.1 Å². The number of fused-ring (bicyclic) bond motifs is 1. The summed E-state index contributed by atoms with van der Waals surface area (Å²) in [7, 11) is 0. The van der Waals surface area contributed by atoms with Crippen LogP contribution in [0.4, 0.5) is 0 Å². The van der Waals surface area contributed by atoms with E-state index in [4.69, 9.17) is 4.42 Å². The van der Waals surface area contributed by atoms with Crippen LogP contribution >= 0.6 is 0 Å². The van der Waals surface area contributed by atoms with Crippen molar-refractivity contribution in [2.75, 3.05) is 13.1 Å². The summed E-state index contributed by atoms with van der Waals surface area (Å²) in [6.45, 7) is 5.52. The lowest BCUT2D eigenvalue weighted by Gasteiger charge is -2.32. The number of oxazole rings is 1. The molecule has 5 heteroatoms. The van der Waals surface area contributed by atoms with Crippen LogP contribution in [0.2, 0.25) is 0 Å². The zero-order valence-corrected chi connectivity index (χ0v) is 12.4. The molecule has 21 heavy (non-hydrogen) atoms. The molecule has 0 saturated carbocycles. The van der Waals surface area contributed by atoms with Crippen molar-refractivity contribution in [3.63, 3.8) is 0 Å². The number of benzene rings is 1. The van der Waals surface area contributed by atoms with E-state index in [0.29, 0.717) is 17.0 Å². The molecule has 2 heterocycles. The van der Waals surface area contributed by atoms with Gasteiger partial charge in [0.15, 0.2) is 5.58 Å². The Bertz CT molecular complexity index is 708. The highest BCUT2D eigenvalue weighted by Crippen LogP contribution is 2.21. The van der Waals surface area contributed by atoms with E-state index in [9.17, 15) is 9.59 Å². The number of hydrogen-bond donors (Lipinski definition) is 0. The molecule has 0 radical (unpaired) electrons. The number of carbonyl (C=O) groups excluding carboxylic acids is 1. The minimum atomic E-state index is -0.533. The summed E-state index contributed by atoms with van der Waals surface area (Å²) in [6.07, 6.45) is 2.05. The predicted octanol–water partition coefficient (Wildman–Crippen LogP) is 2.41. The molecule has 1 fully saturated rings. The summed E-state index contributed by atoms with van der Waals surface area (Å²) >= 11 is 0. The normalized spacial score (nSPS) is 18.1. The summed E-state index contributed by atoms with van der Waals surface area (Å²) in [5.74, 6) is 0.194. The van der Waals surface area contributed by atoms with Crippen molar-refractivity contribution in [2.45, 2.75) is 32.7 Å².